The molecule has 0 radical (unpaired) electrons. The number of cyclic esters (lactones) is 1. The summed E-state index contributed by atoms with van der Waals surface area (Å²) in [5.74, 6) is -0.343. The largest absolute Gasteiger partial charge is 0.444 e. The van der Waals surface area contributed by atoms with Gasteiger partial charge in [-0.05, 0) is 64.4 Å². The van der Waals surface area contributed by atoms with Crippen LogP contribution in [0, 0.1) is 5.82 Å². The van der Waals surface area contributed by atoms with Crippen LogP contribution >= 0.6 is 0 Å². The molecule has 154 valence electrons. The maximum atomic E-state index is 13.1. The molecule has 0 spiro atoms. The first kappa shape index (κ1) is 20.4. The monoisotopic (exact) mass is 393 g/mol. The van der Waals surface area contributed by atoms with Crippen molar-refractivity contribution in [1.82, 2.24) is 10.2 Å². The molecule has 28 heavy (non-hydrogen) atoms. The zero-order valence-electron chi connectivity index (χ0n) is 16.6. The van der Waals surface area contributed by atoms with Gasteiger partial charge in [0.2, 0.25) is 0 Å². The number of ether oxygens (including phenoxy) is 2. The Morgan fingerprint density at radius 3 is 2.68 bits per heavy atom. The van der Waals surface area contributed by atoms with Gasteiger partial charge < -0.3 is 14.8 Å². The number of likely N-dealkylation sites (tertiary alicyclic amines) is 1. The Morgan fingerprint density at radius 1 is 1.29 bits per heavy atom. The number of alkyl carbamates (subject to hydrolysis) is 1. The molecule has 2 amide bonds. The highest BCUT2D eigenvalue weighted by Gasteiger charge is 2.34. The molecule has 2 heterocycles. The predicted molar refractivity (Wildman–Crippen MR) is 103 cm³/mol. The molecular weight excluding hydrogens is 365 g/mol. The summed E-state index contributed by atoms with van der Waals surface area (Å²) in [5, 5.41) is 2.92. The molecular formula is C20H28FN3O4. The minimum atomic E-state index is -0.527. The minimum Gasteiger partial charge on any atom is -0.444 e. The maximum Gasteiger partial charge on any atom is 0.414 e. The first-order chi connectivity index (χ1) is 13.2. The molecule has 2 atom stereocenters. The third kappa shape index (κ3) is 5.58. The van der Waals surface area contributed by atoms with E-state index in [0.717, 1.165) is 19.4 Å². The highest BCUT2D eigenvalue weighted by molar-refractivity contribution is 5.89. The molecule has 7 nitrogen and oxygen atoms in total. The molecule has 2 aliphatic heterocycles. The summed E-state index contributed by atoms with van der Waals surface area (Å²) in [6.07, 6.45) is 0.744. The molecule has 2 fully saturated rings. The molecule has 2 saturated heterocycles. The van der Waals surface area contributed by atoms with E-state index < -0.39 is 17.8 Å². The Bertz CT molecular complexity index is 704. The quantitative estimate of drug-likeness (QED) is 0.851. The lowest BCUT2D eigenvalue weighted by molar-refractivity contribution is 0.0454. The van der Waals surface area contributed by atoms with Crippen molar-refractivity contribution < 1.29 is 23.5 Å². The van der Waals surface area contributed by atoms with E-state index in [1.54, 1.807) is 12.1 Å². The molecule has 0 unspecified atom stereocenters. The Morgan fingerprint density at radius 2 is 2.00 bits per heavy atom. The Labute approximate surface area is 164 Å². The van der Waals surface area contributed by atoms with Crippen molar-refractivity contribution in [1.29, 1.82) is 0 Å². The van der Waals surface area contributed by atoms with Gasteiger partial charge in [-0.25, -0.2) is 14.0 Å². The van der Waals surface area contributed by atoms with Crippen LogP contribution in [0.1, 0.15) is 33.6 Å². The highest BCUT2D eigenvalue weighted by Crippen LogP contribution is 2.23. The van der Waals surface area contributed by atoms with Gasteiger partial charge in [0.15, 0.2) is 0 Å². The second kappa shape index (κ2) is 8.34. The van der Waals surface area contributed by atoms with Crippen LogP contribution in [0.15, 0.2) is 24.3 Å². The summed E-state index contributed by atoms with van der Waals surface area (Å²) in [7, 11) is 0. The van der Waals surface area contributed by atoms with Gasteiger partial charge in [0.25, 0.3) is 0 Å². The van der Waals surface area contributed by atoms with E-state index in [4.69, 9.17) is 9.47 Å². The summed E-state index contributed by atoms with van der Waals surface area (Å²) in [4.78, 5) is 27.9. The third-order valence-electron chi connectivity index (χ3n) is 4.70. The lowest BCUT2D eigenvalue weighted by Gasteiger charge is -2.34. The number of nitrogens with zero attached hydrogens (tertiary/aromatic N) is 2. The van der Waals surface area contributed by atoms with E-state index in [2.05, 4.69) is 10.2 Å². The van der Waals surface area contributed by atoms with Crippen LogP contribution in [0.2, 0.25) is 0 Å². The Kier molecular flexibility index (Phi) is 6.07. The van der Waals surface area contributed by atoms with Crippen LogP contribution in [-0.4, -0.2) is 61.0 Å². The number of carbonyl (C=O) groups is 2. The molecule has 1 aromatic rings. The lowest BCUT2D eigenvalue weighted by Crippen LogP contribution is -2.50. The summed E-state index contributed by atoms with van der Waals surface area (Å²) in [5.41, 5.74) is 0.0948. The molecule has 0 bridgehead atoms. The smallest absolute Gasteiger partial charge is 0.414 e. The highest BCUT2D eigenvalue weighted by atomic mass is 19.1. The number of piperidine rings is 1. The summed E-state index contributed by atoms with van der Waals surface area (Å²) in [6, 6.07) is 5.80. The van der Waals surface area contributed by atoms with E-state index in [0.29, 0.717) is 25.3 Å². The number of rotatable bonds is 4. The van der Waals surface area contributed by atoms with Crippen LogP contribution in [0.4, 0.5) is 19.7 Å². The van der Waals surface area contributed by atoms with Crippen molar-refractivity contribution in [2.24, 2.45) is 0 Å². The second-order valence-corrected chi connectivity index (χ2v) is 8.34. The van der Waals surface area contributed by atoms with Gasteiger partial charge in [-0.1, -0.05) is 0 Å². The van der Waals surface area contributed by atoms with Crippen molar-refractivity contribution in [2.75, 3.05) is 31.1 Å². The van der Waals surface area contributed by atoms with Gasteiger partial charge in [-0.15, -0.1) is 0 Å². The molecule has 0 aromatic heterocycles. The molecule has 0 aliphatic carbocycles. The second-order valence-electron chi connectivity index (χ2n) is 8.34. The van der Waals surface area contributed by atoms with Gasteiger partial charge in [-0.2, -0.15) is 0 Å². The van der Waals surface area contributed by atoms with Crippen molar-refractivity contribution in [2.45, 2.75) is 51.4 Å². The zero-order valence-corrected chi connectivity index (χ0v) is 16.6. The number of amides is 2. The van der Waals surface area contributed by atoms with Crippen LogP contribution in [0.3, 0.4) is 0 Å². The fourth-order valence-electron chi connectivity index (χ4n) is 3.55. The van der Waals surface area contributed by atoms with E-state index in [-0.39, 0.29) is 18.0 Å². The number of carbonyl (C=O) groups excluding carboxylic acids is 2. The average Bonchev–Trinajstić information content (AvgIpc) is 2.94. The van der Waals surface area contributed by atoms with Crippen molar-refractivity contribution in [3.63, 3.8) is 0 Å². The Balaban J connectivity index is 1.50. The normalized spacial score (nSPS) is 23.4. The lowest BCUT2D eigenvalue weighted by atomic mass is 10.1. The fraction of sp³-hybridized carbons (Fsp3) is 0.600. The molecule has 2 aliphatic rings. The van der Waals surface area contributed by atoms with Crippen LogP contribution < -0.4 is 10.2 Å². The molecule has 1 aromatic carbocycles. The Hall–Kier alpha value is -2.35. The maximum absolute atomic E-state index is 13.1. The van der Waals surface area contributed by atoms with Crippen molar-refractivity contribution >= 4 is 17.9 Å². The van der Waals surface area contributed by atoms with E-state index in [1.807, 2.05) is 20.8 Å². The predicted octanol–water partition coefficient (Wildman–Crippen LogP) is 3.14. The van der Waals surface area contributed by atoms with Gasteiger partial charge in [0.05, 0.1) is 6.54 Å². The molecule has 0 saturated carbocycles. The van der Waals surface area contributed by atoms with E-state index in [1.165, 1.54) is 17.0 Å². The number of halogens is 1. The number of nitrogens with one attached hydrogen (secondary N) is 1. The number of hydrogen-bond donors (Lipinski definition) is 1. The minimum absolute atomic E-state index is 0.00825. The van der Waals surface area contributed by atoms with Crippen LogP contribution in [0.5, 0.6) is 0 Å². The topological polar surface area (TPSA) is 71.1 Å². The number of hydrogen-bond acceptors (Lipinski definition) is 5. The number of anilines is 1. The first-order valence-electron chi connectivity index (χ1n) is 9.65. The van der Waals surface area contributed by atoms with E-state index in [9.17, 15) is 14.0 Å². The third-order valence-corrected chi connectivity index (χ3v) is 4.70. The molecule has 1 N–H and O–H groups in total. The zero-order chi connectivity index (χ0) is 20.3. The fourth-order valence-corrected chi connectivity index (χ4v) is 3.55. The van der Waals surface area contributed by atoms with Gasteiger partial charge in [-0.3, -0.25) is 9.80 Å². The average molecular weight is 393 g/mol. The SMILES string of the molecule is CC(C)(C)OC(=O)N[C@@H]1CCCN(C[C@@H]2CN(c3ccc(F)cc3)C(=O)O2)C1. The molecule has 3 rings (SSSR count). The van der Waals surface area contributed by atoms with Crippen LogP contribution in [-0.2, 0) is 9.47 Å². The van der Waals surface area contributed by atoms with Crippen molar-refractivity contribution in [3.05, 3.63) is 30.1 Å². The van der Waals surface area contributed by atoms with Gasteiger partial charge >= 0.3 is 12.2 Å². The first-order valence-corrected chi connectivity index (χ1v) is 9.65. The van der Waals surface area contributed by atoms with Crippen LogP contribution in [0.25, 0.3) is 0 Å². The molecule has 8 heteroatoms. The van der Waals surface area contributed by atoms with E-state index >= 15 is 0 Å². The van der Waals surface area contributed by atoms with Crippen molar-refractivity contribution in [3.8, 4) is 0 Å². The number of benzene rings is 1. The van der Waals surface area contributed by atoms with Gasteiger partial charge in [0, 0.05) is 24.8 Å². The standard InChI is InChI=1S/C20H28FN3O4/c1-20(2,3)28-18(25)22-15-5-4-10-23(11-15)12-17-13-24(19(26)27-17)16-8-6-14(21)7-9-16/h6-9,15,17H,4-5,10-13H2,1-3H3,(H,22,25)/t15-,17-/m1/s1. The summed E-state index contributed by atoms with van der Waals surface area (Å²) in [6.45, 7) is 8.09. The summed E-state index contributed by atoms with van der Waals surface area (Å²) < 4.78 is 23.9. The van der Waals surface area contributed by atoms with Gasteiger partial charge in [0.1, 0.15) is 17.5 Å². The summed E-state index contributed by atoms with van der Waals surface area (Å²) >= 11 is 0.